The summed E-state index contributed by atoms with van der Waals surface area (Å²) in [6.07, 6.45) is -0.546. The third-order valence-electron chi connectivity index (χ3n) is 0.478. The summed E-state index contributed by atoms with van der Waals surface area (Å²) in [6, 6.07) is 1.42. The number of carbonyl (C=O) groups excluding carboxylic acids is 1. The second kappa shape index (κ2) is 5.76. The molecule has 0 bridgehead atoms. The van der Waals surface area contributed by atoms with Crippen LogP contribution in [0.2, 0.25) is 0 Å². The van der Waals surface area contributed by atoms with Crippen LogP contribution in [0.15, 0.2) is 0 Å². The average molecular weight is 137 g/mol. The molecule has 4 nitrogen and oxygen atoms in total. The van der Waals surface area contributed by atoms with Crippen LogP contribution in [0, 0.1) is 11.3 Å². The van der Waals surface area contributed by atoms with Crippen molar-refractivity contribution in [3.05, 3.63) is 0 Å². The van der Waals surface area contributed by atoms with E-state index in [0.29, 0.717) is 0 Å². The number of aliphatic carboxylic acids is 1. The van der Waals surface area contributed by atoms with Gasteiger partial charge in [0.25, 0.3) is 5.78 Å². The Labute approximate surface area is 73.8 Å². The van der Waals surface area contributed by atoms with Crippen LogP contribution in [0.5, 0.6) is 0 Å². The van der Waals surface area contributed by atoms with Gasteiger partial charge in [0, 0.05) is 0 Å². The van der Waals surface area contributed by atoms with Crippen LogP contribution in [-0.2, 0) is 9.59 Å². The molecule has 0 aliphatic rings. The molecule has 0 aromatic rings. The zero-order valence-corrected chi connectivity index (χ0v) is 3.92. The first-order valence-corrected chi connectivity index (χ1v) is 1.81. The van der Waals surface area contributed by atoms with Gasteiger partial charge in [0.2, 0.25) is 0 Å². The first kappa shape index (κ1) is 11.4. The number of hydrogen-bond donors (Lipinski definition) is 1. The number of rotatable bonds is 2. The number of hydrogen-bond acceptors (Lipinski definition) is 3. The van der Waals surface area contributed by atoms with Crippen molar-refractivity contribution in [1.29, 1.82) is 5.26 Å². The molecule has 0 saturated carbocycles. The van der Waals surface area contributed by atoms with Crippen LogP contribution in [0.1, 0.15) is 6.42 Å². The summed E-state index contributed by atoms with van der Waals surface area (Å²) in [5, 5.41) is 15.6. The molecule has 0 saturated heterocycles. The molecule has 0 unspecified atom stereocenters. The van der Waals surface area contributed by atoms with E-state index in [-0.39, 0.29) is 29.6 Å². The Morgan fingerprint density at radius 2 is 2.00 bits per heavy atom. The normalized spacial score (nSPS) is 6.56. The summed E-state index contributed by atoms with van der Waals surface area (Å²) in [6.45, 7) is 0. The minimum absolute atomic E-state index is 0. The number of carbonyl (C=O) groups is 2. The van der Waals surface area contributed by atoms with Gasteiger partial charge in [-0.15, -0.1) is 0 Å². The Morgan fingerprint density at radius 1 is 1.56 bits per heavy atom. The summed E-state index contributed by atoms with van der Waals surface area (Å²) in [7, 11) is 0. The fourth-order valence-electron chi connectivity index (χ4n) is 0.147. The van der Waals surface area contributed by atoms with Crippen LogP contribution >= 0.6 is 0 Å². The van der Waals surface area contributed by atoms with Crippen LogP contribution in [0.4, 0.5) is 0 Å². The van der Waals surface area contributed by atoms with Gasteiger partial charge < -0.3 is 5.11 Å². The maximum absolute atomic E-state index is 9.92. The van der Waals surface area contributed by atoms with Crippen molar-refractivity contribution in [3.8, 4) is 6.07 Å². The Hall–Kier alpha value is -0.370. The van der Waals surface area contributed by atoms with E-state index < -0.39 is 18.2 Å². The van der Waals surface area contributed by atoms with Crippen LogP contribution < -0.4 is 0 Å². The van der Waals surface area contributed by atoms with Crippen LogP contribution in [0.3, 0.4) is 0 Å². The van der Waals surface area contributed by atoms with Gasteiger partial charge in [-0.1, -0.05) is 0 Å². The Morgan fingerprint density at radius 3 is 2.11 bits per heavy atom. The summed E-state index contributed by atoms with van der Waals surface area (Å²) in [4.78, 5) is 19.5. The maximum atomic E-state index is 9.92. The zero-order chi connectivity index (χ0) is 6.57. The van der Waals surface area contributed by atoms with E-state index in [1.54, 1.807) is 0 Å². The number of nitriles is 1. The van der Waals surface area contributed by atoms with Gasteiger partial charge in [-0.05, 0) is 0 Å². The van der Waals surface area contributed by atoms with E-state index >= 15 is 0 Å². The van der Waals surface area contributed by atoms with E-state index in [1.165, 1.54) is 6.07 Å². The molecule has 0 radical (unpaired) electrons. The predicted octanol–water partition coefficient (Wildman–Crippen LogP) is -1.09. The molecule has 0 fully saturated rings. The van der Waals surface area contributed by atoms with Gasteiger partial charge in [-0.25, -0.2) is 4.79 Å². The minimum atomic E-state index is -1.55. The van der Waals surface area contributed by atoms with Gasteiger partial charge in [0.15, 0.2) is 0 Å². The van der Waals surface area contributed by atoms with Crippen molar-refractivity contribution < 1.29 is 14.7 Å². The molecule has 9 heavy (non-hydrogen) atoms. The van der Waals surface area contributed by atoms with E-state index in [2.05, 4.69) is 0 Å². The molecule has 5 heteroatoms. The molecular formula is C4H4NNaO3. The van der Waals surface area contributed by atoms with Gasteiger partial charge in [-0.2, -0.15) is 5.26 Å². The average Bonchev–Trinajstić information content (AvgIpc) is 1.67. The van der Waals surface area contributed by atoms with Gasteiger partial charge >= 0.3 is 35.5 Å². The summed E-state index contributed by atoms with van der Waals surface area (Å²) in [5.74, 6) is -2.61. The number of nitrogens with zero attached hydrogens (tertiary/aromatic N) is 1. The van der Waals surface area contributed by atoms with Crippen molar-refractivity contribution in [3.63, 3.8) is 0 Å². The van der Waals surface area contributed by atoms with E-state index in [9.17, 15) is 9.59 Å². The molecule has 1 N–H and O–H groups in total. The van der Waals surface area contributed by atoms with Crippen molar-refractivity contribution in [2.24, 2.45) is 0 Å². The van der Waals surface area contributed by atoms with Gasteiger partial charge in [0.1, 0.15) is 6.42 Å². The second-order valence-electron chi connectivity index (χ2n) is 1.06. The predicted molar refractivity (Wildman–Crippen MR) is 30.0 cm³/mol. The molecule has 0 spiro atoms. The fraction of sp³-hybridized carbons (Fsp3) is 0.250. The standard InChI is InChI=1S/C4H3NO3.Na.H/c5-2-1-3(6)4(7)8;;/h1H2,(H,7,8);;. The molecule has 0 aromatic heterocycles. The number of carboxylic acids is 1. The van der Waals surface area contributed by atoms with E-state index in [0.717, 1.165) is 0 Å². The van der Waals surface area contributed by atoms with Crippen molar-refractivity contribution in [2.75, 3.05) is 0 Å². The SMILES string of the molecule is N#CCC(=O)C(=O)O.[NaH]. The second-order valence-corrected chi connectivity index (χ2v) is 1.06. The third-order valence-corrected chi connectivity index (χ3v) is 0.478. The van der Waals surface area contributed by atoms with Gasteiger partial charge in [0.05, 0.1) is 6.07 Å². The Balaban J connectivity index is 0. The molecule has 0 rings (SSSR count). The van der Waals surface area contributed by atoms with E-state index in [1.807, 2.05) is 0 Å². The first-order valence-electron chi connectivity index (χ1n) is 1.81. The fourth-order valence-corrected chi connectivity index (χ4v) is 0.147. The quantitative estimate of drug-likeness (QED) is 0.387. The van der Waals surface area contributed by atoms with Crippen LogP contribution in [-0.4, -0.2) is 46.4 Å². The summed E-state index contributed by atoms with van der Waals surface area (Å²) < 4.78 is 0. The van der Waals surface area contributed by atoms with E-state index in [4.69, 9.17) is 10.4 Å². The molecule has 0 amide bonds. The molecule has 0 aliphatic heterocycles. The van der Waals surface area contributed by atoms with Crippen LogP contribution in [0.25, 0.3) is 0 Å². The molecule has 0 atom stereocenters. The number of ketones is 1. The van der Waals surface area contributed by atoms with Crippen molar-refractivity contribution in [2.45, 2.75) is 6.42 Å². The van der Waals surface area contributed by atoms with Crippen molar-refractivity contribution in [1.82, 2.24) is 0 Å². The third kappa shape index (κ3) is 5.50. The Kier molecular flexibility index (Phi) is 7.32. The zero-order valence-electron chi connectivity index (χ0n) is 3.92. The topological polar surface area (TPSA) is 78.2 Å². The summed E-state index contributed by atoms with van der Waals surface area (Å²) in [5.41, 5.74) is 0. The van der Waals surface area contributed by atoms with Crippen molar-refractivity contribution >= 4 is 41.3 Å². The number of carboxylic acid groups (broad SMARTS) is 1. The molecular weight excluding hydrogens is 133 g/mol. The summed E-state index contributed by atoms with van der Waals surface area (Å²) >= 11 is 0. The number of Topliss-reactive ketones (excluding diaryl/α,β-unsaturated/α-hetero) is 1. The molecule has 44 valence electrons. The van der Waals surface area contributed by atoms with Gasteiger partial charge in [-0.3, -0.25) is 4.79 Å². The monoisotopic (exact) mass is 137 g/mol. The first-order chi connectivity index (χ1) is 3.68. The molecule has 0 heterocycles. The molecule has 0 aliphatic carbocycles. The Bertz CT molecular complexity index is 160. The molecule has 0 aromatic carbocycles.